The first-order valence-electron chi connectivity index (χ1n) is 17.4. The number of aromatic nitrogens is 2. The largest absolute Gasteiger partial charge is 0.404 e. The van der Waals surface area contributed by atoms with Crippen LogP contribution in [0.15, 0.2) is 137 Å². The van der Waals surface area contributed by atoms with Gasteiger partial charge in [0.15, 0.2) is 6.23 Å². The van der Waals surface area contributed by atoms with E-state index in [0.717, 1.165) is 20.5 Å². The minimum Gasteiger partial charge on any atom is -0.404 e. The van der Waals surface area contributed by atoms with Crippen LogP contribution >= 0.6 is 0 Å². The van der Waals surface area contributed by atoms with E-state index in [-0.39, 0.29) is 10.7 Å². The Balaban J connectivity index is 1.38. The van der Waals surface area contributed by atoms with E-state index >= 15 is 0 Å². The molecule has 1 aromatic heterocycles. The van der Waals surface area contributed by atoms with E-state index in [4.69, 9.17) is 13.3 Å². The van der Waals surface area contributed by atoms with Crippen LogP contribution in [0.4, 0.5) is 5.82 Å². The van der Waals surface area contributed by atoms with E-state index in [1.807, 2.05) is 67.6 Å². The number of carbonyl (C=O) groups excluding carboxylic acids is 1. The summed E-state index contributed by atoms with van der Waals surface area (Å²) >= 11 is 0. The molecule has 1 fully saturated rings. The summed E-state index contributed by atoms with van der Waals surface area (Å²) in [6, 6.07) is 35.1. The lowest BCUT2D eigenvalue weighted by Crippen LogP contribution is -2.68. The summed E-state index contributed by atoms with van der Waals surface area (Å²) in [6.07, 6.45) is -3.85. The molecule has 54 heavy (non-hydrogen) atoms. The first kappa shape index (κ1) is 38.9. The second kappa shape index (κ2) is 15.5. The van der Waals surface area contributed by atoms with Crippen LogP contribution in [0.5, 0.6) is 0 Å². The van der Waals surface area contributed by atoms with Crippen molar-refractivity contribution < 1.29 is 36.8 Å². The molecule has 0 aliphatic carbocycles. The molecule has 12 nitrogen and oxygen atoms in total. The highest BCUT2D eigenvalue weighted by Crippen LogP contribution is 2.42. The highest BCUT2D eigenvalue weighted by Gasteiger charge is 2.59. The zero-order valence-corrected chi connectivity index (χ0v) is 32.1. The number of aliphatic hydroxyl groups excluding tert-OH is 2. The van der Waals surface area contributed by atoms with Gasteiger partial charge in [0.2, 0.25) is 0 Å². The average molecular weight is 770 g/mol. The van der Waals surface area contributed by atoms with E-state index in [2.05, 4.69) is 31.1 Å². The molecule has 1 amide bonds. The van der Waals surface area contributed by atoms with Crippen LogP contribution < -0.4 is 21.4 Å². The van der Waals surface area contributed by atoms with Crippen molar-refractivity contribution in [2.45, 2.75) is 61.7 Å². The molecule has 5 aromatic rings. The van der Waals surface area contributed by atoms with Crippen molar-refractivity contribution in [3.05, 3.63) is 149 Å². The predicted octanol–water partition coefficient (Wildman–Crippen LogP) is 3.78. The van der Waals surface area contributed by atoms with E-state index in [0.29, 0.717) is 5.56 Å². The van der Waals surface area contributed by atoms with Crippen LogP contribution in [-0.2, 0) is 23.5 Å². The number of ether oxygens (including phenoxy) is 1. The minimum absolute atomic E-state index is 0.0491. The Kier molecular flexibility index (Phi) is 11.2. The highest BCUT2D eigenvalue weighted by molar-refractivity contribution is 7.86. The standard InChI is InChI=1S/C40H43N3O9SSi/c1-28-20-22-30(23-21-28)53(48,49)50-26-40(27-51-54(39(2,3)4,31-16-10-6-11-17-31)32-18-12-7-13-19-32)35(45)34(44)37(52-40)43-25-24-33(42-38(43)47)41-36(46)29-14-8-5-9-15-29/h5-25,34-35,37,44-45H,26-27H2,1-4H3,(H,41,42,46,47)/t34-,35+,37-,40-/m1/s1. The fraction of sp³-hybridized carbons (Fsp3) is 0.275. The number of rotatable bonds is 12. The highest BCUT2D eigenvalue weighted by atomic mass is 32.2. The predicted molar refractivity (Wildman–Crippen MR) is 206 cm³/mol. The van der Waals surface area contributed by atoms with Crippen molar-refractivity contribution in [3.63, 3.8) is 0 Å². The van der Waals surface area contributed by atoms with E-state index in [1.54, 1.807) is 42.5 Å². The van der Waals surface area contributed by atoms with Gasteiger partial charge in [0.05, 0.1) is 11.5 Å². The lowest BCUT2D eigenvalue weighted by Gasteiger charge is -2.45. The first-order chi connectivity index (χ1) is 25.7. The van der Waals surface area contributed by atoms with Crippen LogP contribution in [0.1, 0.15) is 42.9 Å². The Bertz CT molecular complexity index is 2190. The number of nitrogens with one attached hydrogen (secondary N) is 1. The van der Waals surface area contributed by atoms with Crippen molar-refractivity contribution in [2.75, 3.05) is 18.5 Å². The molecule has 0 radical (unpaired) electrons. The number of amides is 1. The molecular formula is C40H43N3O9SSi. The zero-order valence-electron chi connectivity index (χ0n) is 30.3. The van der Waals surface area contributed by atoms with Crippen LogP contribution in [0.3, 0.4) is 0 Å². The van der Waals surface area contributed by atoms with Gasteiger partial charge in [-0.3, -0.25) is 13.5 Å². The van der Waals surface area contributed by atoms with Crippen molar-refractivity contribution >= 4 is 40.5 Å². The van der Waals surface area contributed by atoms with Crippen molar-refractivity contribution in [1.29, 1.82) is 0 Å². The molecule has 0 unspecified atom stereocenters. The second-order valence-corrected chi connectivity index (χ2v) is 20.2. The van der Waals surface area contributed by atoms with E-state index < -0.39 is 72.3 Å². The van der Waals surface area contributed by atoms with Crippen molar-refractivity contribution in [3.8, 4) is 0 Å². The number of aryl methyl sites for hydroxylation is 1. The van der Waals surface area contributed by atoms with Crippen LogP contribution in [-0.4, -0.2) is 73.4 Å². The lowest BCUT2D eigenvalue weighted by atomic mass is 9.97. The maximum atomic E-state index is 13.5. The van der Waals surface area contributed by atoms with Gasteiger partial charge in [-0.15, -0.1) is 0 Å². The zero-order chi connectivity index (χ0) is 38.7. The van der Waals surface area contributed by atoms with Crippen molar-refractivity contribution in [2.24, 2.45) is 0 Å². The van der Waals surface area contributed by atoms with E-state index in [9.17, 15) is 28.2 Å². The van der Waals surface area contributed by atoms with Gasteiger partial charge in [-0.05, 0) is 52.7 Å². The smallest absolute Gasteiger partial charge is 0.351 e. The Labute approximate surface area is 315 Å². The molecule has 1 aliphatic rings. The third kappa shape index (κ3) is 7.72. The molecule has 6 rings (SSSR count). The third-order valence-corrected chi connectivity index (χ3v) is 15.9. The Morgan fingerprint density at radius 2 is 1.43 bits per heavy atom. The van der Waals surface area contributed by atoms with E-state index in [1.165, 1.54) is 24.4 Å². The van der Waals surface area contributed by atoms with Crippen LogP contribution in [0.2, 0.25) is 5.04 Å². The number of hydrogen-bond acceptors (Lipinski definition) is 10. The summed E-state index contributed by atoms with van der Waals surface area (Å²) in [5.41, 5.74) is -1.73. The summed E-state index contributed by atoms with van der Waals surface area (Å²) in [7, 11) is -7.72. The number of benzene rings is 4. The topological polar surface area (TPSA) is 166 Å². The second-order valence-electron chi connectivity index (χ2n) is 14.3. The Morgan fingerprint density at radius 3 is 1.96 bits per heavy atom. The molecule has 1 aliphatic heterocycles. The number of nitrogens with zero attached hydrogens (tertiary/aromatic N) is 2. The first-order valence-corrected chi connectivity index (χ1v) is 20.7. The molecule has 4 aromatic carbocycles. The van der Waals surface area contributed by atoms with Crippen LogP contribution in [0, 0.1) is 6.92 Å². The Morgan fingerprint density at radius 1 is 0.870 bits per heavy atom. The molecule has 282 valence electrons. The summed E-state index contributed by atoms with van der Waals surface area (Å²) in [5, 5.41) is 27.3. The fourth-order valence-electron chi connectivity index (χ4n) is 6.75. The SMILES string of the molecule is Cc1ccc(S(=O)(=O)OC[C@]2(CO[Si](c3ccccc3)(c3ccccc3)C(C)(C)C)O[C@@H](n3ccc(NC(=O)c4ccccc4)nc3=O)[C@H](O)[C@@H]2O)cc1. The summed E-state index contributed by atoms with van der Waals surface area (Å²) in [4.78, 5) is 30.0. The lowest BCUT2D eigenvalue weighted by molar-refractivity contribution is -0.142. The van der Waals surface area contributed by atoms with Gasteiger partial charge in [-0.1, -0.05) is 117 Å². The average Bonchev–Trinajstić information content (AvgIpc) is 3.40. The molecule has 0 bridgehead atoms. The molecule has 4 atom stereocenters. The third-order valence-electron chi connectivity index (χ3n) is 9.61. The van der Waals surface area contributed by atoms with Gasteiger partial charge in [-0.25, -0.2) is 4.79 Å². The van der Waals surface area contributed by atoms with Gasteiger partial charge in [0.1, 0.15) is 30.2 Å². The normalized spacial score (nSPS) is 20.4. The molecule has 14 heteroatoms. The maximum Gasteiger partial charge on any atom is 0.351 e. The number of hydrogen-bond donors (Lipinski definition) is 3. The fourth-order valence-corrected chi connectivity index (χ4v) is 12.3. The Hall–Kier alpha value is -4.80. The number of anilines is 1. The maximum absolute atomic E-state index is 13.5. The monoisotopic (exact) mass is 769 g/mol. The van der Waals surface area contributed by atoms with Crippen molar-refractivity contribution in [1.82, 2.24) is 9.55 Å². The van der Waals surface area contributed by atoms with Gasteiger partial charge in [0.25, 0.3) is 24.3 Å². The number of carbonyl (C=O) groups is 1. The molecule has 0 spiro atoms. The van der Waals surface area contributed by atoms with Gasteiger partial charge in [0, 0.05) is 11.8 Å². The number of aliphatic hydroxyl groups is 2. The summed E-state index contributed by atoms with van der Waals surface area (Å²) in [6.45, 7) is 6.76. The molecule has 0 saturated carbocycles. The summed E-state index contributed by atoms with van der Waals surface area (Å²) in [5.74, 6) is -0.536. The molecular weight excluding hydrogens is 727 g/mol. The molecule has 1 saturated heterocycles. The quantitative estimate of drug-likeness (QED) is 0.126. The molecule has 3 N–H and O–H groups in total. The van der Waals surface area contributed by atoms with Crippen LogP contribution in [0.25, 0.3) is 0 Å². The minimum atomic E-state index is -4.40. The van der Waals surface area contributed by atoms with Gasteiger partial charge >= 0.3 is 5.69 Å². The molecule has 2 heterocycles. The van der Waals surface area contributed by atoms with Gasteiger partial charge < -0.3 is 24.7 Å². The van der Waals surface area contributed by atoms with Gasteiger partial charge in [-0.2, -0.15) is 13.4 Å². The summed E-state index contributed by atoms with van der Waals surface area (Å²) < 4.78 is 47.1.